The third kappa shape index (κ3) is 1.90. The monoisotopic (exact) mass is 229 g/mol. The van der Waals surface area contributed by atoms with E-state index in [9.17, 15) is 0 Å². The second kappa shape index (κ2) is 3.62. The third-order valence-corrected chi connectivity index (χ3v) is 2.69. The molecular weight excluding hydrogens is 218 g/mol. The van der Waals surface area contributed by atoms with Crippen LogP contribution in [0.2, 0.25) is 0 Å². The lowest BCUT2D eigenvalue weighted by Crippen LogP contribution is -2.10. The van der Waals surface area contributed by atoms with Crippen LogP contribution in [0, 0.1) is 5.92 Å². The van der Waals surface area contributed by atoms with E-state index in [1.807, 2.05) is 0 Å². The molecule has 2 rings (SSSR count). The Morgan fingerprint density at radius 1 is 1.67 bits per heavy atom. The van der Waals surface area contributed by atoms with Crippen molar-refractivity contribution in [2.75, 3.05) is 13.1 Å². The molecule has 1 aliphatic rings. The number of nitrogens with one attached hydrogen (secondary N) is 1. The van der Waals surface area contributed by atoms with Crippen LogP contribution in [0.15, 0.2) is 21.2 Å². The molecule has 1 aromatic heterocycles. The van der Waals surface area contributed by atoms with Gasteiger partial charge in [0.25, 0.3) is 0 Å². The summed E-state index contributed by atoms with van der Waals surface area (Å²) in [6, 6.07) is 2.05. The smallest absolute Gasteiger partial charge is 0.105 e. The summed E-state index contributed by atoms with van der Waals surface area (Å²) in [6.45, 7) is 2.30. The Balaban J connectivity index is 1.94. The maximum absolute atomic E-state index is 5.35. The van der Waals surface area contributed by atoms with Crippen LogP contribution in [-0.4, -0.2) is 13.1 Å². The molecule has 1 saturated heterocycles. The molecular formula is C9H12BrNO. The molecule has 0 radical (unpaired) electrons. The van der Waals surface area contributed by atoms with Gasteiger partial charge in [-0.05, 0) is 47.4 Å². The fourth-order valence-corrected chi connectivity index (χ4v) is 1.98. The number of furan rings is 1. The van der Waals surface area contributed by atoms with Crippen LogP contribution in [0.25, 0.3) is 0 Å². The fraction of sp³-hybridized carbons (Fsp3) is 0.556. The topological polar surface area (TPSA) is 25.2 Å². The number of hydrogen-bond donors (Lipinski definition) is 1. The molecule has 0 bridgehead atoms. The van der Waals surface area contributed by atoms with Crippen molar-refractivity contribution in [2.24, 2.45) is 5.92 Å². The van der Waals surface area contributed by atoms with E-state index >= 15 is 0 Å². The molecule has 0 aliphatic carbocycles. The highest BCUT2D eigenvalue weighted by Crippen LogP contribution is 2.19. The standard InChI is InChI=1S/C9H12BrNO/c10-8-4-9(12-6-8)3-7-1-2-11-5-7/h4,6-7,11H,1-3,5H2. The van der Waals surface area contributed by atoms with Crippen molar-refractivity contribution in [3.8, 4) is 0 Å². The lowest BCUT2D eigenvalue weighted by molar-refractivity contribution is 0.456. The minimum Gasteiger partial charge on any atom is -0.468 e. The Morgan fingerprint density at radius 2 is 2.58 bits per heavy atom. The predicted molar refractivity (Wildman–Crippen MR) is 51.1 cm³/mol. The molecule has 1 atom stereocenters. The van der Waals surface area contributed by atoms with Crippen LogP contribution in [0.4, 0.5) is 0 Å². The fourth-order valence-electron chi connectivity index (χ4n) is 1.63. The summed E-state index contributed by atoms with van der Waals surface area (Å²) in [7, 11) is 0. The van der Waals surface area contributed by atoms with Gasteiger partial charge >= 0.3 is 0 Å². The zero-order valence-electron chi connectivity index (χ0n) is 6.85. The van der Waals surface area contributed by atoms with Crippen molar-refractivity contribution in [3.63, 3.8) is 0 Å². The molecule has 3 heteroatoms. The van der Waals surface area contributed by atoms with E-state index in [1.54, 1.807) is 6.26 Å². The first-order valence-corrected chi connectivity index (χ1v) is 5.07. The molecule has 0 spiro atoms. The van der Waals surface area contributed by atoms with Gasteiger partial charge in [-0.2, -0.15) is 0 Å². The normalized spacial score (nSPS) is 23.2. The SMILES string of the molecule is Brc1coc(CC2CCNC2)c1. The summed E-state index contributed by atoms with van der Waals surface area (Å²) in [5.74, 6) is 1.86. The molecule has 2 heterocycles. The van der Waals surface area contributed by atoms with Gasteiger partial charge in [0, 0.05) is 6.42 Å². The quantitative estimate of drug-likeness (QED) is 0.842. The summed E-state index contributed by atoms with van der Waals surface area (Å²) < 4.78 is 6.40. The summed E-state index contributed by atoms with van der Waals surface area (Å²) >= 11 is 3.37. The van der Waals surface area contributed by atoms with Gasteiger partial charge in [0.2, 0.25) is 0 Å². The van der Waals surface area contributed by atoms with Crippen LogP contribution < -0.4 is 5.32 Å². The van der Waals surface area contributed by atoms with Crippen molar-refractivity contribution < 1.29 is 4.42 Å². The highest BCUT2D eigenvalue weighted by atomic mass is 79.9. The van der Waals surface area contributed by atoms with Crippen molar-refractivity contribution in [2.45, 2.75) is 12.8 Å². The van der Waals surface area contributed by atoms with Gasteiger partial charge < -0.3 is 9.73 Å². The van der Waals surface area contributed by atoms with E-state index in [4.69, 9.17) is 4.42 Å². The first kappa shape index (κ1) is 8.32. The maximum Gasteiger partial charge on any atom is 0.105 e. The Labute approximate surface area is 80.5 Å². The van der Waals surface area contributed by atoms with Gasteiger partial charge in [-0.1, -0.05) is 0 Å². The number of halogens is 1. The van der Waals surface area contributed by atoms with Gasteiger partial charge in [0.1, 0.15) is 12.0 Å². The van der Waals surface area contributed by atoms with Crippen molar-refractivity contribution in [1.29, 1.82) is 0 Å². The Hall–Kier alpha value is -0.280. The predicted octanol–water partition coefficient (Wildman–Crippen LogP) is 2.19. The minimum absolute atomic E-state index is 0.767. The van der Waals surface area contributed by atoms with Crippen LogP contribution in [0.1, 0.15) is 12.2 Å². The molecule has 1 unspecified atom stereocenters. The summed E-state index contributed by atoms with van der Waals surface area (Å²) in [5.41, 5.74) is 0. The summed E-state index contributed by atoms with van der Waals surface area (Å²) in [4.78, 5) is 0. The van der Waals surface area contributed by atoms with E-state index in [2.05, 4.69) is 27.3 Å². The number of hydrogen-bond acceptors (Lipinski definition) is 2. The Kier molecular flexibility index (Phi) is 2.51. The van der Waals surface area contributed by atoms with Gasteiger partial charge in [0.15, 0.2) is 0 Å². The second-order valence-corrected chi connectivity index (χ2v) is 4.21. The highest BCUT2D eigenvalue weighted by Gasteiger charge is 2.16. The summed E-state index contributed by atoms with van der Waals surface area (Å²) in [6.07, 6.45) is 4.09. The molecule has 1 N–H and O–H groups in total. The Bertz CT molecular complexity index is 253. The molecule has 0 saturated carbocycles. The molecule has 0 aromatic carbocycles. The van der Waals surface area contributed by atoms with Crippen molar-refractivity contribution in [3.05, 3.63) is 22.6 Å². The molecule has 66 valence electrons. The van der Waals surface area contributed by atoms with Gasteiger partial charge in [-0.15, -0.1) is 0 Å². The second-order valence-electron chi connectivity index (χ2n) is 3.29. The van der Waals surface area contributed by atoms with Crippen molar-refractivity contribution >= 4 is 15.9 Å². The molecule has 2 nitrogen and oxygen atoms in total. The zero-order chi connectivity index (χ0) is 8.39. The molecule has 1 aromatic rings. The third-order valence-electron chi connectivity index (χ3n) is 2.27. The van der Waals surface area contributed by atoms with Gasteiger partial charge in [0.05, 0.1) is 4.47 Å². The minimum atomic E-state index is 0.767. The Morgan fingerprint density at radius 3 is 3.17 bits per heavy atom. The molecule has 1 fully saturated rings. The van der Waals surface area contributed by atoms with Crippen LogP contribution in [0.3, 0.4) is 0 Å². The van der Waals surface area contributed by atoms with Gasteiger partial charge in [-0.25, -0.2) is 0 Å². The molecule has 1 aliphatic heterocycles. The van der Waals surface area contributed by atoms with Crippen LogP contribution in [-0.2, 0) is 6.42 Å². The average molecular weight is 230 g/mol. The van der Waals surface area contributed by atoms with E-state index in [1.165, 1.54) is 6.42 Å². The lowest BCUT2D eigenvalue weighted by Gasteiger charge is -2.03. The summed E-state index contributed by atoms with van der Waals surface area (Å²) in [5, 5.41) is 3.35. The van der Waals surface area contributed by atoms with E-state index in [0.717, 1.165) is 35.7 Å². The maximum atomic E-state index is 5.35. The van der Waals surface area contributed by atoms with Crippen LogP contribution in [0.5, 0.6) is 0 Å². The van der Waals surface area contributed by atoms with Gasteiger partial charge in [-0.3, -0.25) is 0 Å². The highest BCUT2D eigenvalue weighted by molar-refractivity contribution is 9.10. The largest absolute Gasteiger partial charge is 0.468 e. The molecule has 0 amide bonds. The van der Waals surface area contributed by atoms with E-state index in [-0.39, 0.29) is 0 Å². The molecule has 12 heavy (non-hydrogen) atoms. The average Bonchev–Trinajstić information content (AvgIpc) is 2.63. The van der Waals surface area contributed by atoms with E-state index in [0.29, 0.717) is 0 Å². The van der Waals surface area contributed by atoms with Crippen molar-refractivity contribution in [1.82, 2.24) is 5.32 Å². The first-order valence-electron chi connectivity index (χ1n) is 4.28. The zero-order valence-corrected chi connectivity index (χ0v) is 8.43. The van der Waals surface area contributed by atoms with E-state index < -0.39 is 0 Å². The number of rotatable bonds is 2. The lowest BCUT2D eigenvalue weighted by atomic mass is 10.0. The first-order chi connectivity index (χ1) is 5.84. The van der Waals surface area contributed by atoms with Crippen LogP contribution >= 0.6 is 15.9 Å².